The zero-order valence-corrected chi connectivity index (χ0v) is 17.3. The van der Waals surface area contributed by atoms with E-state index in [0.29, 0.717) is 24.8 Å². The topological polar surface area (TPSA) is 96.8 Å². The molecule has 1 saturated heterocycles. The van der Waals surface area contributed by atoms with Gasteiger partial charge in [-0.3, -0.25) is 4.84 Å². The minimum Gasteiger partial charge on any atom is -0.428 e. The molecule has 0 bridgehead atoms. The van der Waals surface area contributed by atoms with Gasteiger partial charge in [0, 0.05) is 17.5 Å². The largest absolute Gasteiger partial charge is 0.514 e. The Kier molecular flexibility index (Phi) is 7.69. The molecule has 8 heteroatoms. The Balaban J connectivity index is 1.96. The van der Waals surface area contributed by atoms with E-state index in [4.69, 9.17) is 19.8 Å². The molecule has 1 aliphatic heterocycles. The predicted molar refractivity (Wildman–Crippen MR) is 106 cm³/mol. The van der Waals surface area contributed by atoms with Crippen molar-refractivity contribution in [1.29, 1.82) is 0 Å². The molecule has 2 atom stereocenters. The van der Waals surface area contributed by atoms with E-state index in [1.54, 1.807) is 32.9 Å². The highest BCUT2D eigenvalue weighted by Crippen LogP contribution is 2.28. The number of carbonyl (C=O) groups is 1. The van der Waals surface area contributed by atoms with Gasteiger partial charge in [0.25, 0.3) is 0 Å². The van der Waals surface area contributed by atoms with Crippen molar-refractivity contribution in [3.8, 4) is 5.75 Å². The lowest BCUT2D eigenvalue weighted by atomic mass is 9.99. The molecule has 8 nitrogen and oxygen atoms in total. The molecule has 0 amide bonds. The van der Waals surface area contributed by atoms with E-state index in [0.717, 1.165) is 18.4 Å². The first-order chi connectivity index (χ1) is 13.2. The predicted octanol–water partition coefficient (Wildman–Crippen LogP) is 5.23. The zero-order valence-electron chi connectivity index (χ0n) is 17.3. The number of rotatable bonds is 7. The fourth-order valence-electron chi connectivity index (χ4n) is 3.11. The van der Waals surface area contributed by atoms with E-state index >= 15 is 0 Å². The molecular weight excluding hydrogens is 360 g/mol. The number of carbonyl (C=O) groups excluding carboxylic acids is 1. The first kappa shape index (κ1) is 22.0. The maximum Gasteiger partial charge on any atom is 0.514 e. The lowest BCUT2D eigenvalue weighted by Gasteiger charge is -2.24. The van der Waals surface area contributed by atoms with Gasteiger partial charge in [-0.15, -0.1) is 0 Å². The molecule has 1 aromatic carbocycles. The number of hydroxylamine groups is 2. The minimum atomic E-state index is -0.721. The van der Waals surface area contributed by atoms with Gasteiger partial charge in [0.1, 0.15) is 11.4 Å². The van der Waals surface area contributed by atoms with Crippen molar-refractivity contribution in [2.75, 3.05) is 6.54 Å². The average Bonchev–Trinajstić information content (AvgIpc) is 2.93. The van der Waals surface area contributed by atoms with Crippen LogP contribution in [0.5, 0.6) is 5.75 Å². The van der Waals surface area contributed by atoms with E-state index in [1.807, 2.05) is 17.2 Å². The van der Waals surface area contributed by atoms with E-state index in [2.05, 4.69) is 23.9 Å². The molecule has 1 aromatic rings. The quantitative estimate of drug-likeness (QED) is 0.209. The van der Waals surface area contributed by atoms with Crippen LogP contribution < -0.4 is 4.74 Å². The van der Waals surface area contributed by atoms with Gasteiger partial charge in [0.2, 0.25) is 0 Å². The van der Waals surface area contributed by atoms with Crippen molar-refractivity contribution in [2.45, 2.75) is 71.8 Å². The number of benzene rings is 1. The lowest BCUT2D eigenvalue weighted by Crippen LogP contribution is -2.29. The van der Waals surface area contributed by atoms with Crippen molar-refractivity contribution >= 4 is 6.16 Å². The number of ether oxygens (including phenoxy) is 2. The molecule has 28 heavy (non-hydrogen) atoms. The van der Waals surface area contributed by atoms with Crippen LogP contribution in [0.15, 0.2) is 29.4 Å². The molecule has 1 unspecified atom stereocenters. The van der Waals surface area contributed by atoms with Crippen molar-refractivity contribution in [1.82, 2.24) is 5.06 Å². The summed E-state index contributed by atoms with van der Waals surface area (Å²) in [5.41, 5.74) is 8.98. The molecule has 154 valence electrons. The highest BCUT2D eigenvalue weighted by atomic mass is 16.7. The molecule has 0 aliphatic carbocycles. The summed E-state index contributed by atoms with van der Waals surface area (Å²) in [5, 5.41) is 5.62. The van der Waals surface area contributed by atoms with Gasteiger partial charge in [-0.1, -0.05) is 31.1 Å². The maximum absolute atomic E-state index is 11.8. The van der Waals surface area contributed by atoms with E-state index in [1.165, 1.54) is 0 Å². The number of azide groups is 1. The van der Waals surface area contributed by atoms with Gasteiger partial charge in [-0.25, -0.2) is 4.79 Å². The third-order valence-electron chi connectivity index (χ3n) is 4.17. The van der Waals surface area contributed by atoms with Gasteiger partial charge < -0.3 is 9.47 Å². The Morgan fingerprint density at radius 2 is 2.04 bits per heavy atom. The standard InChI is InChI=1S/C20H30N4O4/c1-14(2)10-16-11-18(12-22-23-21)28-24(16)13-15-6-8-17(9-7-15)26-19(25)27-20(3,4)5/h6-9,14,16,18H,10-13H2,1-5H3/t16?,18-/m1/s1. The summed E-state index contributed by atoms with van der Waals surface area (Å²) in [6.45, 7) is 10.7. The first-order valence-corrected chi connectivity index (χ1v) is 9.60. The van der Waals surface area contributed by atoms with Crippen LogP contribution in [0.3, 0.4) is 0 Å². The second-order valence-electron chi connectivity index (χ2n) is 8.45. The molecular formula is C20H30N4O4. The molecule has 1 heterocycles. The van der Waals surface area contributed by atoms with Crippen LogP contribution in [0, 0.1) is 5.92 Å². The molecule has 2 rings (SSSR count). The minimum absolute atomic E-state index is 0.0885. The van der Waals surface area contributed by atoms with Crippen LogP contribution in [0.2, 0.25) is 0 Å². The third-order valence-corrected chi connectivity index (χ3v) is 4.17. The Morgan fingerprint density at radius 3 is 2.61 bits per heavy atom. The fraction of sp³-hybridized carbons (Fsp3) is 0.650. The summed E-state index contributed by atoms with van der Waals surface area (Å²) < 4.78 is 10.3. The summed E-state index contributed by atoms with van der Waals surface area (Å²) in [6.07, 6.45) is 1.04. The van der Waals surface area contributed by atoms with E-state index < -0.39 is 11.8 Å². The Morgan fingerprint density at radius 1 is 1.36 bits per heavy atom. The molecule has 0 radical (unpaired) electrons. The smallest absolute Gasteiger partial charge is 0.428 e. The van der Waals surface area contributed by atoms with Crippen LogP contribution in [-0.4, -0.2) is 35.5 Å². The SMILES string of the molecule is CC(C)CC1C[C@H](CN=[N+]=[N-])ON1Cc1ccc(OC(=O)OC(C)(C)C)cc1. The van der Waals surface area contributed by atoms with Gasteiger partial charge in [-0.05, 0) is 62.8 Å². The van der Waals surface area contributed by atoms with E-state index in [-0.39, 0.29) is 12.1 Å². The first-order valence-electron chi connectivity index (χ1n) is 9.60. The molecule has 1 fully saturated rings. The van der Waals surface area contributed by atoms with Crippen LogP contribution in [-0.2, 0) is 16.1 Å². The van der Waals surface area contributed by atoms with Crippen molar-refractivity contribution in [3.63, 3.8) is 0 Å². The second-order valence-corrected chi connectivity index (χ2v) is 8.45. The molecule has 0 saturated carbocycles. The normalized spacial score (nSPS) is 20.1. The van der Waals surface area contributed by atoms with Crippen LogP contribution in [0.25, 0.3) is 10.4 Å². The van der Waals surface area contributed by atoms with Gasteiger partial charge in [0.05, 0.1) is 12.6 Å². The second kappa shape index (κ2) is 9.78. The fourth-order valence-corrected chi connectivity index (χ4v) is 3.11. The summed E-state index contributed by atoms with van der Waals surface area (Å²) in [7, 11) is 0. The average molecular weight is 390 g/mol. The number of nitrogens with zero attached hydrogens (tertiary/aromatic N) is 4. The monoisotopic (exact) mass is 390 g/mol. The number of hydrogen-bond donors (Lipinski definition) is 0. The van der Waals surface area contributed by atoms with E-state index in [9.17, 15) is 4.79 Å². The summed E-state index contributed by atoms with van der Waals surface area (Å²) in [5.74, 6) is 0.972. The Labute approximate surface area is 166 Å². The molecule has 0 N–H and O–H groups in total. The van der Waals surface area contributed by atoms with Crippen molar-refractivity contribution in [3.05, 3.63) is 40.3 Å². The summed E-state index contributed by atoms with van der Waals surface area (Å²) >= 11 is 0. The molecule has 0 aromatic heterocycles. The van der Waals surface area contributed by atoms with Crippen LogP contribution in [0.1, 0.15) is 53.0 Å². The molecule has 0 spiro atoms. The van der Waals surface area contributed by atoms with Gasteiger partial charge >= 0.3 is 6.16 Å². The molecule has 1 aliphatic rings. The van der Waals surface area contributed by atoms with Gasteiger partial charge in [-0.2, -0.15) is 5.06 Å². The van der Waals surface area contributed by atoms with Gasteiger partial charge in [0.15, 0.2) is 0 Å². The zero-order chi connectivity index (χ0) is 20.7. The maximum atomic E-state index is 11.8. The summed E-state index contributed by atoms with van der Waals surface area (Å²) in [4.78, 5) is 20.6. The lowest BCUT2D eigenvalue weighted by molar-refractivity contribution is -0.168. The number of hydrogen-bond acceptors (Lipinski definition) is 6. The Hall–Kier alpha value is -2.28. The highest BCUT2D eigenvalue weighted by Gasteiger charge is 2.33. The van der Waals surface area contributed by atoms with Crippen molar-refractivity contribution < 1.29 is 19.1 Å². The van der Waals surface area contributed by atoms with Crippen molar-refractivity contribution in [2.24, 2.45) is 11.0 Å². The highest BCUT2D eigenvalue weighted by molar-refractivity contribution is 5.64. The van der Waals surface area contributed by atoms with Crippen LogP contribution in [0.4, 0.5) is 4.79 Å². The van der Waals surface area contributed by atoms with Crippen LogP contribution >= 0.6 is 0 Å². The third kappa shape index (κ3) is 7.38. The summed E-state index contributed by atoms with van der Waals surface area (Å²) in [6, 6.07) is 7.55. The Bertz CT molecular complexity index is 693.